The van der Waals surface area contributed by atoms with Crippen LogP contribution >= 0.6 is 11.6 Å². The van der Waals surface area contributed by atoms with Gasteiger partial charge in [0.2, 0.25) is 0 Å². The molecule has 0 heterocycles. The number of hydrogen-bond acceptors (Lipinski definition) is 0. The molecule has 2 rings (SSSR count). The van der Waals surface area contributed by atoms with Crippen molar-refractivity contribution in [3.8, 4) is 0 Å². The van der Waals surface area contributed by atoms with E-state index >= 15 is 0 Å². The first-order valence-electron chi connectivity index (χ1n) is 8.91. The van der Waals surface area contributed by atoms with Crippen molar-refractivity contribution in [2.75, 3.05) is 0 Å². The van der Waals surface area contributed by atoms with E-state index in [1.54, 1.807) is 0 Å². The van der Waals surface area contributed by atoms with E-state index in [4.69, 9.17) is 11.6 Å². The Morgan fingerprint density at radius 3 is 2.08 bits per heavy atom. The van der Waals surface area contributed by atoms with Gasteiger partial charge in [0.1, 0.15) is 0 Å². The molecule has 1 heteroatoms. The predicted octanol–water partition coefficient (Wildman–Crippen LogP) is 7.97. The van der Waals surface area contributed by atoms with Gasteiger partial charge >= 0.3 is 0 Å². The molecule has 0 amide bonds. The first kappa shape index (κ1) is 21.3. The van der Waals surface area contributed by atoms with Gasteiger partial charge in [0.05, 0.1) is 0 Å². The Balaban J connectivity index is 0.000000271. The normalized spacial score (nSPS) is 11.3. The van der Waals surface area contributed by atoms with Gasteiger partial charge in [0, 0.05) is 5.02 Å². The summed E-state index contributed by atoms with van der Waals surface area (Å²) in [6, 6.07) is 14.7. The highest BCUT2D eigenvalue weighted by Gasteiger charge is 2.05. The van der Waals surface area contributed by atoms with Gasteiger partial charge in [0.25, 0.3) is 0 Å². The molecule has 0 radical (unpaired) electrons. The second kappa shape index (κ2) is 10.3. The number of hydrogen-bond donors (Lipinski definition) is 0. The fourth-order valence-electron chi connectivity index (χ4n) is 2.56. The molecule has 0 N–H and O–H groups in total. The van der Waals surface area contributed by atoms with Crippen LogP contribution in [0.5, 0.6) is 0 Å². The molecule has 0 bridgehead atoms. The molecule has 0 aliphatic heterocycles. The van der Waals surface area contributed by atoms with E-state index in [2.05, 4.69) is 65.5 Å². The van der Waals surface area contributed by atoms with Crippen LogP contribution in [0, 0.1) is 13.8 Å². The molecule has 0 aliphatic rings. The van der Waals surface area contributed by atoms with Crippen LogP contribution in [0.2, 0.25) is 5.02 Å². The second-order valence-corrected chi connectivity index (χ2v) is 7.16. The summed E-state index contributed by atoms with van der Waals surface area (Å²) in [4.78, 5) is 0. The molecule has 25 heavy (non-hydrogen) atoms. The lowest BCUT2D eigenvalue weighted by atomic mass is 9.95. The van der Waals surface area contributed by atoms with Crippen molar-refractivity contribution in [1.29, 1.82) is 0 Å². The van der Waals surface area contributed by atoms with Crippen molar-refractivity contribution >= 4 is 17.2 Å². The zero-order valence-corrected chi connectivity index (χ0v) is 17.3. The number of aryl methyl sites for hydroxylation is 3. The van der Waals surface area contributed by atoms with Crippen molar-refractivity contribution < 1.29 is 0 Å². The fourth-order valence-corrected chi connectivity index (χ4v) is 2.74. The maximum Gasteiger partial charge on any atom is 0.0412 e. The highest BCUT2D eigenvalue weighted by molar-refractivity contribution is 6.30. The van der Waals surface area contributed by atoms with Crippen LogP contribution in [-0.2, 0) is 6.42 Å². The number of allylic oxidation sites excluding steroid dienone is 3. The monoisotopic (exact) mass is 354 g/mol. The number of benzene rings is 2. The maximum absolute atomic E-state index is 6.00. The summed E-state index contributed by atoms with van der Waals surface area (Å²) >= 11 is 6.00. The summed E-state index contributed by atoms with van der Waals surface area (Å²) < 4.78 is 0. The quantitative estimate of drug-likeness (QED) is 0.488. The molecular weight excluding hydrogens is 324 g/mol. The Morgan fingerprint density at radius 1 is 0.960 bits per heavy atom. The van der Waals surface area contributed by atoms with Crippen LogP contribution in [0.25, 0.3) is 5.57 Å². The first-order valence-corrected chi connectivity index (χ1v) is 9.29. The third kappa shape index (κ3) is 6.92. The van der Waals surface area contributed by atoms with Crippen LogP contribution in [-0.4, -0.2) is 0 Å². The summed E-state index contributed by atoms with van der Waals surface area (Å²) in [5.41, 5.74) is 8.85. The van der Waals surface area contributed by atoms with Crippen molar-refractivity contribution in [2.24, 2.45) is 0 Å². The molecule has 2 aromatic carbocycles. The summed E-state index contributed by atoms with van der Waals surface area (Å²) in [6.45, 7) is 16.6. The molecule has 134 valence electrons. The van der Waals surface area contributed by atoms with Crippen LogP contribution in [0.3, 0.4) is 0 Å². The molecular formula is C24H31Cl. The Kier molecular flexibility index (Phi) is 8.72. The van der Waals surface area contributed by atoms with E-state index in [9.17, 15) is 0 Å². The summed E-state index contributed by atoms with van der Waals surface area (Å²) in [7, 11) is 0. The summed E-state index contributed by atoms with van der Waals surface area (Å²) in [5.74, 6) is 0. The average Bonchev–Trinajstić information content (AvgIpc) is 2.58. The molecule has 0 fully saturated rings. The molecule has 0 aromatic heterocycles. The standard InChI is InChI=1S/C14H17Cl.C10H14/c1-9(2)11(4)12(5)14-8-13(15)7-6-10(14)3;1-3-4-10-7-5-9(2)6-8-10/h6-8H,1H2,2-5H3;5-8H,3-4H2,1-2H3/b12-11+;. The third-order valence-electron chi connectivity index (χ3n) is 4.47. The lowest BCUT2D eigenvalue weighted by Crippen LogP contribution is -1.90. The largest absolute Gasteiger partial charge is 0.0958 e. The van der Waals surface area contributed by atoms with Crippen molar-refractivity contribution in [2.45, 2.75) is 54.4 Å². The first-order chi connectivity index (χ1) is 11.8. The lowest BCUT2D eigenvalue weighted by molar-refractivity contribution is 0.921. The van der Waals surface area contributed by atoms with Gasteiger partial charge < -0.3 is 0 Å². The van der Waals surface area contributed by atoms with E-state index in [0.29, 0.717) is 0 Å². The minimum absolute atomic E-state index is 0.782. The average molecular weight is 355 g/mol. The summed E-state index contributed by atoms with van der Waals surface area (Å²) in [6.07, 6.45) is 2.45. The third-order valence-corrected chi connectivity index (χ3v) is 4.70. The molecule has 2 aromatic rings. The predicted molar refractivity (Wildman–Crippen MR) is 114 cm³/mol. The van der Waals surface area contributed by atoms with Gasteiger partial charge in [-0.3, -0.25) is 0 Å². The number of rotatable bonds is 4. The van der Waals surface area contributed by atoms with E-state index < -0.39 is 0 Å². The highest BCUT2D eigenvalue weighted by atomic mass is 35.5. The van der Waals surface area contributed by atoms with Gasteiger partial charge in [-0.25, -0.2) is 0 Å². The second-order valence-electron chi connectivity index (χ2n) is 6.73. The summed E-state index contributed by atoms with van der Waals surface area (Å²) in [5, 5.41) is 0.782. The molecule has 0 atom stereocenters. The minimum atomic E-state index is 0.782. The molecule has 0 unspecified atom stereocenters. The highest BCUT2D eigenvalue weighted by Crippen LogP contribution is 2.27. The zero-order valence-electron chi connectivity index (χ0n) is 16.5. The molecule has 0 saturated heterocycles. The van der Waals surface area contributed by atoms with Crippen LogP contribution in [0.4, 0.5) is 0 Å². The van der Waals surface area contributed by atoms with E-state index in [-0.39, 0.29) is 0 Å². The fraction of sp³-hybridized carbons (Fsp3) is 0.333. The van der Waals surface area contributed by atoms with E-state index in [1.165, 1.54) is 46.2 Å². The van der Waals surface area contributed by atoms with Crippen LogP contribution in [0.15, 0.2) is 60.2 Å². The molecule has 0 saturated carbocycles. The van der Waals surface area contributed by atoms with Crippen LogP contribution in [0.1, 0.15) is 56.4 Å². The maximum atomic E-state index is 6.00. The van der Waals surface area contributed by atoms with Gasteiger partial charge in [-0.2, -0.15) is 0 Å². The smallest absolute Gasteiger partial charge is 0.0412 e. The van der Waals surface area contributed by atoms with Crippen molar-refractivity contribution in [3.05, 3.63) is 87.5 Å². The zero-order chi connectivity index (χ0) is 19.0. The van der Waals surface area contributed by atoms with Crippen molar-refractivity contribution in [3.63, 3.8) is 0 Å². The SMILES string of the molecule is C=C(C)/C(C)=C(\C)c1cc(Cl)ccc1C.CCCc1ccc(C)cc1. The van der Waals surface area contributed by atoms with Crippen molar-refractivity contribution in [1.82, 2.24) is 0 Å². The number of halogens is 1. The Morgan fingerprint density at radius 2 is 1.56 bits per heavy atom. The van der Waals surface area contributed by atoms with Gasteiger partial charge in [-0.05, 0) is 81.0 Å². The molecule has 0 aliphatic carbocycles. The van der Waals surface area contributed by atoms with Gasteiger partial charge in [-0.1, -0.05) is 73.0 Å². The van der Waals surface area contributed by atoms with E-state index in [0.717, 1.165) is 10.6 Å². The van der Waals surface area contributed by atoms with Crippen LogP contribution < -0.4 is 0 Å². The Labute approximate surface area is 159 Å². The molecule has 0 spiro atoms. The van der Waals surface area contributed by atoms with E-state index in [1.807, 2.05) is 25.1 Å². The topological polar surface area (TPSA) is 0 Å². The van der Waals surface area contributed by atoms with Gasteiger partial charge in [0.15, 0.2) is 0 Å². The molecule has 0 nitrogen and oxygen atoms in total. The Hall–Kier alpha value is -1.79. The van der Waals surface area contributed by atoms with Gasteiger partial charge in [-0.15, -0.1) is 0 Å². The Bertz CT molecular complexity index is 733. The lowest BCUT2D eigenvalue weighted by Gasteiger charge is -2.11. The minimum Gasteiger partial charge on any atom is -0.0958 e.